The lowest BCUT2D eigenvalue weighted by molar-refractivity contribution is -0.134. The van der Waals surface area contributed by atoms with E-state index in [1.165, 1.54) is 4.90 Å². The van der Waals surface area contributed by atoms with Crippen molar-refractivity contribution in [1.29, 1.82) is 0 Å². The monoisotopic (exact) mass is 425 g/mol. The summed E-state index contributed by atoms with van der Waals surface area (Å²) >= 11 is 5.99. The fourth-order valence-electron chi connectivity index (χ4n) is 3.00. The zero-order chi connectivity index (χ0) is 21.5. The second-order valence-electron chi connectivity index (χ2n) is 6.90. The minimum absolute atomic E-state index is 0.0257. The van der Waals surface area contributed by atoms with Crippen LogP contribution in [0.4, 0.5) is 5.69 Å². The average molecular weight is 426 g/mol. The van der Waals surface area contributed by atoms with Crippen molar-refractivity contribution in [1.82, 2.24) is 9.88 Å². The Hall–Kier alpha value is -3.12. The third-order valence-electron chi connectivity index (χ3n) is 4.71. The zero-order valence-electron chi connectivity index (χ0n) is 17.0. The molecule has 7 heteroatoms. The molecular weight excluding hydrogens is 402 g/mol. The van der Waals surface area contributed by atoms with Crippen LogP contribution in [0.2, 0.25) is 5.02 Å². The molecule has 0 aliphatic heterocycles. The van der Waals surface area contributed by atoms with Gasteiger partial charge in [-0.1, -0.05) is 48.0 Å². The number of carbonyl (C=O) groups excluding carboxylic acids is 2. The van der Waals surface area contributed by atoms with Crippen molar-refractivity contribution in [2.24, 2.45) is 0 Å². The van der Waals surface area contributed by atoms with E-state index in [9.17, 15) is 9.59 Å². The highest BCUT2D eigenvalue weighted by molar-refractivity contribution is 6.31. The molecule has 0 aliphatic rings. The quantitative estimate of drug-likeness (QED) is 0.566. The van der Waals surface area contributed by atoms with Gasteiger partial charge in [0, 0.05) is 35.7 Å². The molecule has 0 fully saturated rings. The molecule has 3 aromatic rings. The summed E-state index contributed by atoms with van der Waals surface area (Å²) in [7, 11) is 0. The smallest absolute Gasteiger partial charge is 0.244 e. The number of rotatable bonds is 8. The van der Waals surface area contributed by atoms with Gasteiger partial charge >= 0.3 is 0 Å². The molecule has 0 saturated heterocycles. The Kier molecular flexibility index (Phi) is 7.25. The summed E-state index contributed by atoms with van der Waals surface area (Å²) in [5, 5.41) is 3.36. The van der Waals surface area contributed by atoms with Gasteiger partial charge in [-0.15, -0.1) is 0 Å². The Bertz CT molecular complexity index is 1020. The third-order valence-corrected chi connectivity index (χ3v) is 4.94. The van der Waals surface area contributed by atoms with E-state index in [1.807, 2.05) is 50.2 Å². The van der Waals surface area contributed by atoms with Crippen molar-refractivity contribution in [3.8, 4) is 11.3 Å². The average Bonchev–Trinajstić information content (AvgIpc) is 3.22. The molecule has 30 heavy (non-hydrogen) atoms. The molecule has 0 spiro atoms. The molecule has 156 valence electrons. The number of oxazole rings is 1. The maximum Gasteiger partial charge on any atom is 0.244 e. The highest BCUT2D eigenvalue weighted by Gasteiger charge is 2.17. The Labute approximate surface area is 180 Å². The number of nitrogens with zero attached hydrogens (tertiary/aromatic N) is 2. The number of hydrogen-bond donors (Lipinski definition) is 1. The minimum Gasteiger partial charge on any atom is -0.441 e. The van der Waals surface area contributed by atoms with Gasteiger partial charge in [-0.25, -0.2) is 4.98 Å². The van der Waals surface area contributed by atoms with Gasteiger partial charge in [0.15, 0.2) is 11.7 Å². The molecule has 1 heterocycles. The van der Waals surface area contributed by atoms with Crippen LogP contribution in [-0.2, 0) is 16.0 Å². The van der Waals surface area contributed by atoms with E-state index in [0.29, 0.717) is 35.3 Å². The van der Waals surface area contributed by atoms with Crippen LogP contribution in [0, 0.1) is 6.92 Å². The first-order valence-electron chi connectivity index (χ1n) is 9.80. The molecule has 0 unspecified atom stereocenters. The Balaban J connectivity index is 1.54. The van der Waals surface area contributed by atoms with Crippen LogP contribution in [0.5, 0.6) is 0 Å². The van der Waals surface area contributed by atoms with Crippen LogP contribution in [0.15, 0.2) is 59.1 Å². The number of likely N-dealkylation sites (N-methyl/N-ethyl adjacent to an activating group) is 1. The van der Waals surface area contributed by atoms with E-state index in [1.54, 1.807) is 18.3 Å². The van der Waals surface area contributed by atoms with Crippen LogP contribution in [-0.4, -0.2) is 34.8 Å². The molecule has 2 aromatic carbocycles. The summed E-state index contributed by atoms with van der Waals surface area (Å²) in [6, 6.07) is 15.0. The number of aryl methyl sites for hydroxylation is 2. The number of benzene rings is 2. The predicted molar refractivity (Wildman–Crippen MR) is 117 cm³/mol. The molecule has 2 amide bonds. The second-order valence-corrected chi connectivity index (χ2v) is 7.34. The Morgan fingerprint density at radius 2 is 1.93 bits per heavy atom. The number of amides is 2. The first kappa shape index (κ1) is 21.6. The maximum atomic E-state index is 12.6. The SMILES string of the molecule is CCN(CC(=O)Nc1cc(Cl)ccc1C)C(=O)CCc1ncc(-c2ccccc2)o1. The van der Waals surface area contributed by atoms with Crippen molar-refractivity contribution < 1.29 is 14.0 Å². The molecule has 3 rings (SSSR count). The maximum absolute atomic E-state index is 12.6. The Morgan fingerprint density at radius 1 is 1.17 bits per heavy atom. The lowest BCUT2D eigenvalue weighted by Gasteiger charge is -2.20. The molecule has 0 saturated carbocycles. The molecule has 6 nitrogen and oxygen atoms in total. The van der Waals surface area contributed by atoms with Gasteiger partial charge in [-0.2, -0.15) is 0 Å². The number of hydrogen-bond acceptors (Lipinski definition) is 4. The van der Waals surface area contributed by atoms with Gasteiger partial charge in [-0.3, -0.25) is 9.59 Å². The van der Waals surface area contributed by atoms with Crippen LogP contribution < -0.4 is 5.32 Å². The number of aromatic nitrogens is 1. The third kappa shape index (κ3) is 5.70. The van der Waals surface area contributed by atoms with Crippen molar-refractivity contribution in [3.63, 3.8) is 0 Å². The van der Waals surface area contributed by atoms with E-state index in [2.05, 4.69) is 10.3 Å². The highest BCUT2D eigenvalue weighted by atomic mass is 35.5. The number of nitrogens with one attached hydrogen (secondary N) is 1. The Morgan fingerprint density at radius 3 is 2.67 bits per heavy atom. The van der Waals surface area contributed by atoms with Crippen LogP contribution in [0.3, 0.4) is 0 Å². The van der Waals surface area contributed by atoms with Gasteiger partial charge in [-0.05, 0) is 31.5 Å². The summed E-state index contributed by atoms with van der Waals surface area (Å²) in [6.07, 6.45) is 2.25. The second kappa shape index (κ2) is 10.1. The van der Waals surface area contributed by atoms with Crippen molar-refractivity contribution in [2.45, 2.75) is 26.7 Å². The minimum atomic E-state index is -0.266. The lowest BCUT2D eigenvalue weighted by Crippen LogP contribution is -2.38. The lowest BCUT2D eigenvalue weighted by atomic mass is 10.2. The topological polar surface area (TPSA) is 75.4 Å². The van der Waals surface area contributed by atoms with Gasteiger partial charge in [0.25, 0.3) is 0 Å². The van der Waals surface area contributed by atoms with Crippen molar-refractivity contribution in [2.75, 3.05) is 18.4 Å². The van der Waals surface area contributed by atoms with Crippen LogP contribution in [0.25, 0.3) is 11.3 Å². The molecule has 0 radical (unpaired) electrons. The molecular formula is C23H24ClN3O3. The van der Waals surface area contributed by atoms with E-state index in [-0.39, 0.29) is 24.8 Å². The van der Waals surface area contributed by atoms with Gasteiger partial charge in [0.2, 0.25) is 11.8 Å². The fraction of sp³-hybridized carbons (Fsp3) is 0.261. The van der Waals surface area contributed by atoms with E-state index in [0.717, 1.165) is 11.1 Å². The largest absolute Gasteiger partial charge is 0.441 e. The van der Waals surface area contributed by atoms with Crippen molar-refractivity contribution >= 4 is 29.1 Å². The standard InChI is InChI=1S/C23H24ClN3O3/c1-3-27(15-21(28)26-19-13-18(24)10-9-16(19)2)23(29)12-11-22-25-14-20(30-22)17-7-5-4-6-8-17/h4-10,13-14H,3,11-12,15H2,1-2H3,(H,26,28). The highest BCUT2D eigenvalue weighted by Crippen LogP contribution is 2.21. The summed E-state index contributed by atoms with van der Waals surface area (Å²) < 4.78 is 5.74. The summed E-state index contributed by atoms with van der Waals surface area (Å²) in [5.41, 5.74) is 2.48. The molecule has 0 atom stereocenters. The molecule has 0 bridgehead atoms. The van der Waals surface area contributed by atoms with Crippen LogP contribution >= 0.6 is 11.6 Å². The summed E-state index contributed by atoms with van der Waals surface area (Å²) in [6.45, 7) is 4.13. The van der Waals surface area contributed by atoms with Gasteiger partial charge < -0.3 is 14.6 Å². The first-order chi connectivity index (χ1) is 14.5. The summed E-state index contributed by atoms with van der Waals surface area (Å²) in [4.78, 5) is 30.8. The van der Waals surface area contributed by atoms with E-state index < -0.39 is 0 Å². The predicted octanol–water partition coefficient (Wildman–Crippen LogP) is 4.72. The van der Waals surface area contributed by atoms with E-state index in [4.69, 9.17) is 16.0 Å². The molecule has 0 aliphatic carbocycles. The van der Waals surface area contributed by atoms with Gasteiger partial charge in [0.1, 0.15) is 0 Å². The number of carbonyl (C=O) groups is 2. The number of halogens is 1. The van der Waals surface area contributed by atoms with Gasteiger partial charge in [0.05, 0.1) is 12.7 Å². The molecule has 1 aromatic heterocycles. The summed E-state index contributed by atoms with van der Waals surface area (Å²) in [5.74, 6) is 0.770. The molecule has 1 N–H and O–H groups in total. The fourth-order valence-corrected chi connectivity index (χ4v) is 3.17. The van der Waals surface area contributed by atoms with Crippen LogP contribution in [0.1, 0.15) is 24.8 Å². The number of anilines is 1. The zero-order valence-corrected chi connectivity index (χ0v) is 17.8. The van der Waals surface area contributed by atoms with E-state index >= 15 is 0 Å². The normalized spacial score (nSPS) is 10.6. The van der Waals surface area contributed by atoms with Crippen molar-refractivity contribution in [3.05, 3.63) is 71.2 Å². The first-order valence-corrected chi connectivity index (χ1v) is 10.2.